The maximum absolute atomic E-state index is 13.2. The zero-order chi connectivity index (χ0) is 22.9. The largest absolute Gasteiger partial charge is 0.497 e. The predicted octanol–water partition coefficient (Wildman–Crippen LogP) is 3.64. The van der Waals surface area contributed by atoms with Gasteiger partial charge in [0, 0.05) is 23.8 Å². The van der Waals surface area contributed by atoms with Crippen molar-refractivity contribution in [3.8, 4) is 5.75 Å². The van der Waals surface area contributed by atoms with E-state index in [-0.39, 0.29) is 23.7 Å². The van der Waals surface area contributed by atoms with E-state index in [9.17, 15) is 14.0 Å². The van der Waals surface area contributed by atoms with Crippen LogP contribution in [-0.4, -0.2) is 48.7 Å². The first kappa shape index (κ1) is 21.7. The number of nitrogens with one attached hydrogen (secondary N) is 2. The lowest BCUT2D eigenvalue weighted by atomic mass is 9.88. The number of benzene rings is 2. The number of hydrogen-bond acceptors (Lipinski definition) is 5. The summed E-state index contributed by atoms with van der Waals surface area (Å²) in [6.45, 7) is 4.45. The normalized spacial score (nSPS) is 23.5. The second-order valence-electron chi connectivity index (χ2n) is 8.01. The Kier molecular flexibility index (Phi) is 5.78. The van der Waals surface area contributed by atoms with Crippen molar-refractivity contribution in [1.29, 1.82) is 0 Å². The van der Waals surface area contributed by atoms with Crippen LogP contribution < -0.4 is 15.4 Å². The summed E-state index contributed by atoms with van der Waals surface area (Å²) in [5.74, 6) is -0.0278. The number of amides is 2. The lowest BCUT2D eigenvalue weighted by molar-refractivity contribution is -0.154. The molecule has 1 fully saturated rings. The van der Waals surface area contributed by atoms with E-state index in [1.54, 1.807) is 14.0 Å². The highest BCUT2D eigenvalue weighted by Crippen LogP contribution is 2.47. The van der Waals surface area contributed by atoms with Crippen LogP contribution in [0.5, 0.6) is 5.75 Å². The minimum absolute atomic E-state index is 0.0811. The van der Waals surface area contributed by atoms with E-state index in [0.29, 0.717) is 18.8 Å². The molecule has 2 aliphatic heterocycles. The molecule has 2 aromatic rings. The van der Waals surface area contributed by atoms with Crippen LogP contribution in [-0.2, 0) is 9.53 Å². The van der Waals surface area contributed by atoms with Gasteiger partial charge in [0.25, 0.3) is 0 Å². The van der Waals surface area contributed by atoms with E-state index in [1.165, 1.54) is 24.3 Å². The average molecular weight is 439 g/mol. The van der Waals surface area contributed by atoms with Gasteiger partial charge in [0.2, 0.25) is 0 Å². The molecule has 8 heteroatoms. The van der Waals surface area contributed by atoms with Gasteiger partial charge in [-0.3, -0.25) is 0 Å². The third-order valence-electron chi connectivity index (χ3n) is 6.02. The fraction of sp³-hybridized carbons (Fsp3) is 0.333. The molecule has 1 unspecified atom stereocenters. The van der Waals surface area contributed by atoms with E-state index < -0.39 is 11.6 Å². The Morgan fingerprint density at radius 1 is 1.16 bits per heavy atom. The van der Waals surface area contributed by atoms with Gasteiger partial charge in [-0.05, 0) is 61.9 Å². The van der Waals surface area contributed by atoms with Crippen LogP contribution in [0.2, 0.25) is 0 Å². The quantitative estimate of drug-likeness (QED) is 0.672. The van der Waals surface area contributed by atoms with E-state index in [0.717, 1.165) is 17.0 Å². The number of esters is 1. The van der Waals surface area contributed by atoms with Crippen LogP contribution in [0, 0.1) is 5.82 Å². The Hall–Kier alpha value is -3.55. The molecule has 0 spiro atoms. The van der Waals surface area contributed by atoms with Gasteiger partial charge in [0.05, 0.1) is 19.8 Å². The van der Waals surface area contributed by atoms with E-state index in [1.807, 2.05) is 42.2 Å². The first-order chi connectivity index (χ1) is 15.4. The molecule has 2 aliphatic rings. The minimum atomic E-state index is -0.861. The number of carbonyl (C=O) groups is 2. The van der Waals surface area contributed by atoms with Crippen LogP contribution in [0.25, 0.3) is 0 Å². The van der Waals surface area contributed by atoms with Crippen LogP contribution in [0.4, 0.5) is 14.9 Å². The summed E-state index contributed by atoms with van der Waals surface area (Å²) in [5.41, 5.74) is 1.51. The van der Waals surface area contributed by atoms with Crippen LogP contribution in [0.1, 0.15) is 25.3 Å². The lowest BCUT2D eigenvalue weighted by Gasteiger charge is -2.45. The number of halogens is 1. The van der Waals surface area contributed by atoms with Crippen LogP contribution in [0.15, 0.2) is 60.3 Å². The Morgan fingerprint density at radius 3 is 2.47 bits per heavy atom. The molecule has 0 bridgehead atoms. The molecule has 7 nitrogen and oxygen atoms in total. The molecule has 4 rings (SSSR count). The summed E-state index contributed by atoms with van der Waals surface area (Å²) in [6.07, 6.45) is 1.86. The van der Waals surface area contributed by atoms with Gasteiger partial charge < -0.3 is 25.0 Å². The number of rotatable bonds is 6. The maximum Gasteiger partial charge on any atom is 0.335 e. The van der Waals surface area contributed by atoms with Crippen molar-refractivity contribution < 1.29 is 23.5 Å². The molecular formula is C24H26FN3O4. The van der Waals surface area contributed by atoms with Crippen LogP contribution >= 0.6 is 0 Å². The summed E-state index contributed by atoms with van der Waals surface area (Å²) in [6, 6.07) is 12.5. The van der Waals surface area contributed by atoms with Gasteiger partial charge in [0.1, 0.15) is 11.6 Å². The molecule has 0 aliphatic carbocycles. The molecule has 2 aromatic carbocycles. The third kappa shape index (κ3) is 3.88. The van der Waals surface area contributed by atoms with Gasteiger partial charge in [-0.2, -0.15) is 0 Å². The van der Waals surface area contributed by atoms with Crippen molar-refractivity contribution in [3.63, 3.8) is 0 Å². The highest BCUT2D eigenvalue weighted by Gasteiger charge is 2.56. The number of methoxy groups -OCH3 is 1. The number of hydrogen-bond donors (Lipinski definition) is 2. The van der Waals surface area contributed by atoms with Gasteiger partial charge in [0.15, 0.2) is 5.54 Å². The Labute approximate surface area is 186 Å². The highest BCUT2D eigenvalue weighted by molar-refractivity contribution is 5.90. The molecule has 0 aromatic heterocycles. The molecule has 32 heavy (non-hydrogen) atoms. The summed E-state index contributed by atoms with van der Waals surface area (Å²) < 4.78 is 23.7. The van der Waals surface area contributed by atoms with E-state index in [4.69, 9.17) is 9.47 Å². The lowest BCUT2D eigenvalue weighted by Crippen LogP contribution is -2.58. The number of carbonyl (C=O) groups excluding carboxylic acids is 2. The fourth-order valence-electron chi connectivity index (χ4n) is 4.32. The number of fused-ring (bicyclic) bond motifs is 1. The van der Waals surface area contributed by atoms with Gasteiger partial charge >= 0.3 is 12.0 Å². The van der Waals surface area contributed by atoms with Crippen molar-refractivity contribution in [2.45, 2.75) is 31.3 Å². The molecule has 168 valence electrons. The van der Waals surface area contributed by atoms with E-state index in [2.05, 4.69) is 10.6 Å². The smallest absolute Gasteiger partial charge is 0.335 e. The molecule has 0 radical (unpaired) electrons. The number of nitrogens with zero attached hydrogens (tertiary/aromatic N) is 1. The van der Waals surface area contributed by atoms with Gasteiger partial charge in [-0.1, -0.05) is 12.1 Å². The molecule has 0 saturated carbocycles. The van der Waals surface area contributed by atoms with E-state index >= 15 is 0 Å². The van der Waals surface area contributed by atoms with Crippen molar-refractivity contribution in [2.24, 2.45) is 0 Å². The molecule has 3 atom stereocenters. The second-order valence-corrected chi connectivity index (χ2v) is 8.01. The summed E-state index contributed by atoms with van der Waals surface area (Å²) in [4.78, 5) is 27.3. The van der Waals surface area contributed by atoms with Crippen molar-refractivity contribution >= 4 is 17.7 Å². The minimum Gasteiger partial charge on any atom is -0.497 e. The molecule has 2 heterocycles. The van der Waals surface area contributed by atoms with Crippen molar-refractivity contribution in [2.75, 3.05) is 25.6 Å². The molecule has 2 amide bonds. The zero-order valence-electron chi connectivity index (χ0n) is 18.2. The predicted molar refractivity (Wildman–Crippen MR) is 118 cm³/mol. The Balaban J connectivity index is 1.58. The monoisotopic (exact) mass is 439 g/mol. The Bertz CT molecular complexity index is 1040. The molecule has 2 N–H and O–H groups in total. The third-order valence-corrected chi connectivity index (χ3v) is 6.02. The first-order valence-corrected chi connectivity index (χ1v) is 10.5. The van der Waals surface area contributed by atoms with Gasteiger partial charge in [-0.25, -0.2) is 14.0 Å². The van der Waals surface area contributed by atoms with Crippen LogP contribution in [0.3, 0.4) is 0 Å². The van der Waals surface area contributed by atoms with Crippen molar-refractivity contribution in [3.05, 3.63) is 71.7 Å². The summed E-state index contributed by atoms with van der Waals surface area (Å²) in [7, 11) is 1.61. The maximum atomic E-state index is 13.2. The standard InChI is InChI=1S/C24H26FN3O4/c1-4-32-22(29)24(2)13-20-21(27-23(30)26-17-9-7-16(25)8-10-17)19(14-28(20)24)15-5-11-18(31-3)12-6-15/h5-13,19,21H,4,14H2,1-3H3,(H2,26,27,30)/t19-,21-,24?/m0/s1. The number of urea groups is 1. The first-order valence-electron chi connectivity index (χ1n) is 10.5. The number of ether oxygens (including phenoxy) is 2. The second kappa shape index (κ2) is 8.53. The average Bonchev–Trinajstić information content (AvgIpc) is 3.08. The Morgan fingerprint density at radius 2 is 1.84 bits per heavy atom. The van der Waals surface area contributed by atoms with Gasteiger partial charge in [-0.15, -0.1) is 0 Å². The zero-order valence-corrected chi connectivity index (χ0v) is 18.2. The summed E-state index contributed by atoms with van der Waals surface area (Å²) in [5, 5.41) is 5.76. The summed E-state index contributed by atoms with van der Waals surface area (Å²) >= 11 is 0. The number of anilines is 1. The van der Waals surface area contributed by atoms with Crippen molar-refractivity contribution in [1.82, 2.24) is 10.2 Å². The molecule has 1 saturated heterocycles. The SMILES string of the molecule is CCOC(=O)C1(C)C=C2[C@@H](NC(=O)Nc3ccc(F)cc3)[C@H](c3ccc(OC)cc3)CN21. The highest BCUT2D eigenvalue weighted by atomic mass is 19.1. The topological polar surface area (TPSA) is 79.9 Å². The molecular weight excluding hydrogens is 413 g/mol. The fourth-order valence-corrected chi connectivity index (χ4v) is 4.32.